The fourth-order valence-electron chi connectivity index (χ4n) is 2.97. The Morgan fingerprint density at radius 2 is 2.21 bits per heavy atom. The number of halogens is 1. The molecule has 2 aromatic rings. The van der Waals surface area contributed by atoms with E-state index in [1.54, 1.807) is 0 Å². The molecule has 3 heteroatoms. The number of aromatic amines is 1. The SMILES string of the molecule is Cc1ccc(Cl)c2c3c([nH]c12)C(C1=CC=C1)OCC3. The van der Waals surface area contributed by atoms with Crippen molar-refractivity contribution in [2.24, 2.45) is 0 Å². The third kappa shape index (κ3) is 1.54. The van der Waals surface area contributed by atoms with Crippen LogP contribution in [-0.2, 0) is 11.2 Å². The first-order valence-corrected chi connectivity index (χ1v) is 6.93. The Hall–Kier alpha value is -1.51. The van der Waals surface area contributed by atoms with Crippen molar-refractivity contribution < 1.29 is 4.74 Å². The summed E-state index contributed by atoms with van der Waals surface area (Å²) in [5.74, 6) is 0. The predicted molar refractivity (Wildman–Crippen MR) is 77.7 cm³/mol. The van der Waals surface area contributed by atoms with Crippen LogP contribution in [0.3, 0.4) is 0 Å². The molecule has 0 saturated heterocycles. The van der Waals surface area contributed by atoms with Gasteiger partial charge in [0.05, 0.1) is 22.8 Å². The Balaban J connectivity index is 1.99. The molecule has 0 saturated carbocycles. The predicted octanol–water partition coefficient (Wildman–Crippen LogP) is 4.24. The lowest BCUT2D eigenvalue weighted by molar-refractivity contribution is 0.0667. The lowest BCUT2D eigenvalue weighted by Crippen LogP contribution is -2.18. The molecule has 1 aromatic carbocycles. The molecule has 0 bridgehead atoms. The number of hydrogen-bond donors (Lipinski definition) is 1. The number of allylic oxidation sites excluding steroid dienone is 2. The highest BCUT2D eigenvalue weighted by atomic mass is 35.5. The normalized spacial score (nSPS) is 21.2. The van der Waals surface area contributed by atoms with E-state index in [-0.39, 0.29) is 6.10 Å². The van der Waals surface area contributed by atoms with Crippen molar-refractivity contribution in [3.05, 3.63) is 57.8 Å². The summed E-state index contributed by atoms with van der Waals surface area (Å²) in [4.78, 5) is 3.54. The lowest BCUT2D eigenvalue weighted by Gasteiger charge is -2.26. The maximum atomic E-state index is 6.39. The van der Waals surface area contributed by atoms with Crippen molar-refractivity contribution in [2.75, 3.05) is 6.61 Å². The van der Waals surface area contributed by atoms with Gasteiger partial charge in [0.2, 0.25) is 0 Å². The number of hydrogen-bond acceptors (Lipinski definition) is 1. The first kappa shape index (κ1) is 11.3. The molecule has 4 rings (SSSR count). The van der Waals surface area contributed by atoms with Gasteiger partial charge in [-0.15, -0.1) is 0 Å². The second-order valence-electron chi connectivity index (χ2n) is 5.16. The molecular weight excluding hydrogens is 258 g/mol. The van der Waals surface area contributed by atoms with Gasteiger partial charge in [0, 0.05) is 5.39 Å². The molecule has 2 aliphatic rings. The van der Waals surface area contributed by atoms with E-state index in [2.05, 4.69) is 30.1 Å². The zero-order valence-electron chi connectivity index (χ0n) is 10.7. The Kier molecular flexibility index (Phi) is 2.38. The second kappa shape index (κ2) is 3.99. The van der Waals surface area contributed by atoms with Gasteiger partial charge in [-0.3, -0.25) is 0 Å². The molecular formula is C16H14ClNO. The van der Waals surface area contributed by atoms with E-state index >= 15 is 0 Å². The van der Waals surface area contributed by atoms with Gasteiger partial charge in [0.25, 0.3) is 0 Å². The van der Waals surface area contributed by atoms with Crippen LogP contribution in [0.4, 0.5) is 0 Å². The van der Waals surface area contributed by atoms with Crippen LogP contribution in [-0.4, -0.2) is 11.6 Å². The van der Waals surface area contributed by atoms with Crippen LogP contribution in [0.25, 0.3) is 10.9 Å². The minimum Gasteiger partial charge on any atom is -0.367 e. The topological polar surface area (TPSA) is 25.0 Å². The van der Waals surface area contributed by atoms with Crippen molar-refractivity contribution in [1.29, 1.82) is 0 Å². The smallest absolute Gasteiger partial charge is 0.123 e. The number of aryl methyl sites for hydroxylation is 1. The number of aromatic nitrogens is 1. The molecule has 1 aromatic heterocycles. The fourth-order valence-corrected chi connectivity index (χ4v) is 3.24. The number of ether oxygens (including phenoxy) is 1. The molecule has 0 amide bonds. The maximum absolute atomic E-state index is 6.39. The standard InChI is InChI=1S/C16H14ClNO/c1-9-5-6-12(17)13-11-7-8-19-16(10-3-2-4-10)15(11)18-14(9)13/h2-6,16,18H,7-8H2,1H3. The molecule has 0 radical (unpaired) electrons. The number of rotatable bonds is 1. The number of H-pyrrole nitrogens is 1. The van der Waals surface area contributed by atoms with Crippen LogP contribution in [0.15, 0.2) is 35.9 Å². The number of benzene rings is 1. The zero-order valence-corrected chi connectivity index (χ0v) is 11.4. The van der Waals surface area contributed by atoms with Crippen LogP contribution in [0.5, 0.6) is 0 Å². The third-order valence-electron chi connectivity index (χ3n) is 4.03. The lowest BCUT2D eigenvalue weighted by atomic mass is 9.94. The van der Waals surface area contributed by atoms with E-state index in [1.807, 2.05) is 12.1 Å². The summed E-state index contributed by atoms with van der Waals surface area (Å²) in [6.45, 7) is 2.86. The van der Waals surface area contributed by atoms with E-state index in [1.165, 1.54) is 27.8 Å². The molecule has 2 heterocycles. The van der Waals surface area contributed by atoms with E-state index in [0.717, 1.165) is 23.6 Å². The summed E-state index contributed by atoms with van der Waals surface area (Å²) < 4.78 is 5.92. The highest BCUT2D eigenvalue weighted by molar-refractivity contribution is 6.36. The summed E-state index contributed by atoms with van der Waals surface area (Å²) in [5.41, 5.74) is 6.11. The molecule has 2 nitrogen and oxygen atoms in total. The zero-order chi connectivity index (χ0) is 13.0. The fraction of sp³-hybridized carbons (Fsp3) is 0.250. The van der Waals surface area contributed by atoms with Crippen LogP contribution in [0, 0.1) is 6.92 Å². The molecule has 0 fully saturated rings. The number of fused-ring (bicyclic) bond motifs is 3. The van der Waals surface area contributed by atoms with Crippen molar-refractivity contribution in [1.82, 2.24) is 4.98 Å². The van der Waals surface area contributed by atoms with Crippen molar-refractivity contribution in [3.8, 4) is 0 Å². The average molecular weight is 272 g/mol. The Labute approximate surface area is 116 Å². The van der Waals surface area contributed by atoms with Gasteiger partial charge in [-0.05, 0) is 36.1 Å². The molecule has 1 N–H and O–H groups in total. The monoisotopic (exact) mass is 271 g/mol. The van der Waals surface area contributed by atoms with Gasteiger partial charge in [-0.2, -0.15) is 0 Å². The van der Waals surface area contributed by atoms with Gasteiger partial charge in [-0.1, -0.05) is 35.9 Å². The van der Waals surface area contributed by atoms with Crippen molar-refractivity contribution in [3.63, 3.8) is 0 Å². The Bertz CT molecular complexity index is 739. The largest absolute Gasteiger partial charge is 0.367 e. The average Bonchev–Trinajstić information content (AvgIpc) is 2.73. The van der Waals surface area contributed by atoms with Crippen LogP contribution in [0.1, 0.15) is 22.9 Å². The Morgan fingerprint density at radius 1 is 1.37 bits per heavy atom. The van der Waals surface area contributed by atoms with E-state index in [4.69, 9.17) is 16.3 Å². The summed E-state index contributed by atoms with van der Waals surface area (Å²) in [7, 11) is 0. The molecule has 1 atom stereocenters. The summed E-state index contributed by atoms with van der Waals surface area (Å²) in [5, 5.41) is 2.01. The molecule has 1 unspecified atom stereocenters. The van der Waals surface area contributed by atoms with E-state index < -0.39 is 0 Å². The first-order valence-electron chi connectivity index (χ1n) is 6.55. The Morgan fingerprint density at radius 3 is 2.95 bits per heavy atom. The summed E-state index contributed by atoms with van der Waals surface area (Å²) >= 11 is 6.39. The maximum Gasteiger partial charge on any atom is 0.123 e. The van der Waals surface area contributed by atoms with Crippen LogP contribution >= 0.6 is 11.6 Å². The van der Waals surface area contributed by atoms with Gasteiger partial charge in [0.15, 0.2) is 0 Å². The third-order valence-corrected chi connectivity index (χ3v) is 4.34. The summed E-state index contributed by atoms with van der Waals surface area (Å²) in [6.07, 6.45) is 7.23. The molecule has 96 valence electrons. The van der Waals surface area contributed by atoms with Gasteiger partial charge in [-0.25, -0.2) is 0 Å². The van der Waals surface area contributed by atoms with Crippen LogP contribution < -0.4 is 0 Å². The van der Waals surface area contributed by atoms with Crippen molar-refractivity contribution >= 4 is 22.5 Å². The first-order chi connectivity index (χ1) is 9.25. The number of nitrogens with one attached hydrogen (secondary N) is 1. The van der Waals surface area contributed by atoms with Gasteiger partial charge >= 0.3 is 0 Å². The highest BCUT2D eigenvalue weighted by Gasteiger charge is 2.29. The molecule has 1 aliphatic heterocycles. The van der Waals surface area contributed by atoms with Gasteiger partial charge in [0.1, 0.15) is 6.10 Å². The van der Waals surface area contributed by atoms with Gasteiger partial charge < -0.3 is 9.72 Å². The van der Waals surface area contributed by atoms with E-state index in [9.17, 15) is 0 Å². The minimum absolute atomic E-state index is 0.0385. The van der Waals surface area contributed by atoms with E-state index in [0.29, 0.717) is 0 Å². The molecule has 19 heavy (non-hydrogen) atoms. The highest BCUT2D eigenvalue weighted by Crippen LogP contribution is 2.41. The quantitative estimate of drug-likeness (QED) is 0.824. The van der Waals surface area contributed by atoms with Crippen molar-refractivity contribution in [2.45, 2.75) is 19.4 Å². The molecule has 0 spiro atoms. The second-order valence-corrected chi connectivity index (χ2v) is 5.57. The summed E-state index contributed by atoms with van der Waals surface area (Å²) in [6, 6.07) is 4.05. The minimum atomic E-state index is 0.0385. The van der Waals surface area contributed by atoms with Crippen LogP contribution in [0.2, 0.25) is 5.02 Å². The molecule has 1 aliphatic carbocycles.